The Kier molecular flexibility index (Phi) is 4.48. The molecular weight excluding hydrogens is 346 g/mol. The lowest BCUT2D eigenvalue weighted by atomic mass is 9.63. The first kappa shape index (κ1) is 18.7. The maximum atomic E-state index is 13.2. The molecule has 136 valence electrons. The third kappa shape index (κ3) is 2.95. The van der Waals surface area contributed by atoms with Gasteiger partial charge in [0.2, 0.25) is 5.91 Å². The highest BCUT2D eigenvalue weighted by atomic mass is 35.5. The minimum absolute atomic E-state index is 0.0393. The van der Waals surface area contributed by atoms with Crippen LogP contribution in [0.1, 0.15) is 44.7 Å². The molecule has 1 unspecified atom stereocenters. The number of rotatable bonds is 2. The van der Waals surface area contributed by atoms with E-state index in [2.05, 4.69) is 5.32 Å². The van der Waals surface area contributed by atoms with Crippen molar-refractivity contribution in [3.63, 3.8) is 0 Å². The summed E-state index contributed by atoms with van der Waals surface area (Å²) in [6, 6.07) is 13.5. The fourth-order valence-electron chi connectivity index (χ4n) is 3.38. The number of halogens is 1. The number of hydrogen-bond donors (Lipinski definition) is 1. The molecule has 1 atom stereocenters. The number of piperidine rings is 1. The van der Waals surface area contributed by atoms with Gasteiger partial charge in [0.25, 0.3) is 0 Å². The number of hydrogen-bond acceptors (Lipinski definition) is 2. The molecule has 0 aliphatic carbocycles. The summed E-state index contributed by atoms with van der Waals surface area (Å²) in [7, 11) is 0. The van der Waals surface area contributed by atoms with Crippen LogP contribution < -0.4 is 5.32 Å². The van der Waals surface area contributed by atoms with Crippen LogP contribution in [0.4, 0.5) is 0 Å². The van der Waals surface area contributed by atoms with Crippen molar-refractivity contribution < 1.29 is 9.59 Å². The van der Waals surface area contributed by atoms with Gasteiger partial charge in [0.1, 0.15) is 5.92 Å². The molecule has 3 rings (SSSR count). The van der Waals surface area contributed by atoms with Crippen LogP contribution in [-0.2, 0) is 9.59 Å². The van der Waals surface area contributed by atoms with Gasteiger partial charge in [-0.2, -0.15) is 0 Å². The van der Waals surface area contributed by atoms with E-state index >= 15 is 0 Å². The van der Waals surface area contributed by atoms with Crippen LogP contribution in [-0.4, -0.2) is 17.2 Å². The molecule has 1 saturated heterocycles. The van der Waals surface area contributed by atoms with Crippen LogP contribution in [0.15, 0.2) is 42.5 Å². The molecule has 1 fully saturated rings. The third-order valence-corrected chi connectivity index (χ3v) is 6.16. The van der Waals surface area contributed by atoms with Gasteiger partial charge >= 0.3 is 0 Å². The first-order valence-electron chi connectivity index (χ1n) is 8.77. The minimum Gasteiger partial charge on any atom is -0.349 e. The topological polar surface area (TPSA) is 46.2 Å². The molecule has 0 aromatic heterocycles. The van der Waals surface area contributed by atoms with Gasteiger partial charge in [0.15, 0.2) is 5.78 Å². The molecule has 0 radical (unpaired) electrons. The van der Waals surface area contributed by atoms with E-state index in [4.69, 9.17) is 11.6 Å². The predicted octanol–water partition coefficient (Wildman–Crippen LogP) is 4.90. The fourth-order valence-corrected chi connectivity index (χ4v) is 3.51. The van der Waals surface area contributed by atoms with Crippen molar-refractivity contribution >= 4 is 23.3 Å². The average molecular weight is 370 g/mol. The van der Waals surface area contributed by atoms with E-state index in [0.29, 0.717) is 5.02 Å². The fraction of sp³-hybridized carbons (Fsp3) is 0.364. The summed E-state index contributed by atoms with van der Waals surface area (Å²) in [5, 5.41) is 3.71. The van der Waals surface area contributed by atoms with E-state index in [1.807, 2.05) is 77.1 Å². The lowest BCUT2D eigenvalue weighted by molar-refractivity contribution is -0.145. The Bertz CT molecular complexity index is 882. The molecule has 0 saturated carbocycles. The van der Waals surface area contributed by atoms with Gasteiger partial charge in [-0.3, -0.25) is 9.59 Å². The molecule has 26 heavy (non-hydrogen) atoms. The van der Waals surface area contributed by atoms with Crippen molar-refractivity contribution in [2.75, 3.05) is 0 Å². The highest BCUT2D eigenvalue weighted by molar-refractivity contribution is 6.30. The lowest BCUT2D eigenvalue weighted by Crippen LogP contribution is -2.64. The van der Waals surface area contributed by atoms with E-state index in [9.17, 15) is 9.59 Å². The molecule has 0 spiro atoms. The first-order valence-corrected chi connectivity index (χ1v) is 9.15. The standard InChI is InChI=1S/C22H24ClNO2/c1-13-6-7-15(14-8-10-16(23)11-9-14)12-17(13)18-19(25)21(2,3)22(4,5)24-20(18)26/h6-12,18H,1-5H3,(H,24,26). The van der Waals surface area contributed by atoms with Crippen LogP contribution in [0.5, 0.6) is 0 Å². The van der Waals surface area contributed by atoms with Gasteiger partial charge in [-0.05, 0) is 61.2 Å². The maximum Gasteiger partial charge on any atom is 0.235 e. The molecule has 1 amide bonds. The summed E-state index contributed by atoms with van der Waals surface area (Å²) < 4.78 is 0. The molecule has 3 nitrogen and oxygen atoms in total. The number of amides is 1. The molecule has 0 bridgehead atoms. The van der Waals surface area contributed by atoms with E-state index in [1.165, 1.54) is 0 Å². The summed E-state index contributed by atoms with van der Waals surface area (Å²) in [4.78, 5) is 26.0. The Labute approximate surface area is 159 Å². The molecule has 1 aliphatic heterocycles. The number of carbonyl (C=O) groups excluding carboxylic acids is 2. The van der Waals surface area contributed by atoms with Crippen molar-refractivity contribution in [2.24, 2.45) is 5.41 Å². The van der Waals surface area contributed by atoms with Gasteiger partial charge in [-0.25, -0.2) is 0 Å². The monoisotopic (exact) mass is 369 g/mol. The summed E-state index contributed by atoms with van der Waals surface area (Å²) in [5.41, 5.74) is 2.42. The summed E-state index contributed by atoms with van der Waals surface area (Å²) >= 11 is 5.98. The number of ketones is 1. The van der Waals surface area contributed by atoms with Crippen LogP contribution >= 0.6 is 11.6 Å². The summed E-state index contributed by atoms with van der Waals surface area (Å²) in [6.07, 6.45) is 0. The highest BCUT2D eigenvalue weighted by Crippen LogP contribution is 2.42. The second-order valence-electron chi connectivity index (χ2n) is 8.11. The zero-order chi connectivity index (χ0) is 19.3. The number of nitrogens with one attached hydrogen (secondary N) is 1. The smallest absolute Gasteiger partial charge is 0.235 e. The first-order chi connectivity index (χ1) is 12.0. The number of carbonyl (C=O) groups is 2. The largest absolute Gasteiger partial charge is 0.349 e. The van der Waals surface area contributed by atoms with E-state index in [-0.39, 0.29) is 11.7 Å². The second kappa shape index (κ2) is 6.24. The number of Topliss-reactive ketones (excluding diaryl/α,β-unsaturated/α-hetero) is 1. The van der Waals surface area contributed by atoms with Crippen LogP contribution in [0, 0.1) is 12.3 Å². The molecule has 1 heterocycles. The van der Waals surface area contributed by atoms with Crippen molar-refractivity contribution in [2.45, 2.75) is 46.1 Å². The molecule has 2 aromatic carbocycles. The van der Waals surface area contributed by atoms with E-state index < -0.39 is 16.9 Å². The molecule has 1 N–H and O–H groups in total. The average Bonchev–Trinajstić information content (AvgIpc) is 2.55. The summed E-state index contributed by atoms with van der Waals surface area (Å²) in [6.45, 7) is 9.54. The normalized spacial score (nSPS) is 21.4. The minimum atomic E-state index is -0.787. The van der Waals surface area contributed by atoms with Crippen molar-refractivity contribution in [1.29, 1.82) is 0 Å². The van der Waals surface area contributed by atoms with Crippen molar-refractivity contribution in [3.8, 4) is 11.1 Å². The van der Waals surface area contributed by atoms with Crippen molar-refractivity contribution in [3.05, 3.63) is 58.6 Å². The Morgan fingerprint density at radius 3 is 2.12 bits per heavy atom. The third-order valence-electron chi connectivity index (χ3n) is 5.91. The maximum absolute atomic E-state index is 13.2. The SMILES string of the molecule is Cc1ccc(-c2ccc(Cl)cc2)cc1C1C(=O)NC(C)(C)C(C)(C)C1=O. The quantitative estimate of drug-likeness (QED) is 0.765. The van der Waals surface area contributed by atoms with Crippen LogP contribution in [0.25, 0.3) is 11.1 Å². The van der Waals surface area contributed by atoms with Crippen molar-refractivity contribution in [1.82, 2.24) is 5.32 Å². The van der Waals surface area contributed by atoms with Gasteiger partial charge < -0.3 is 5.32 Å². The van der Waals surface area contributed by atoms with Crippen LogP contribution in [0.2, 0.25) is 5.02 Å². The molecule has 1 aliphatic rings. The van der Waals surface area contributed by atoms with Gasteiger partial charge in [0, 0.05) is 16.0 Å². The number of benzene rings is 2. The number of aryl methyl sites for hydroxylation is 1. The van der Waals surface area contributed by atoms with Gasteiger partial charge in [-0.15, -0.1) is 0 Å². The Morgan fingerprint density at radius 2 is 1.50 bits per heavy atom. The second-order valence-corrected chi connectivity index (χ2v) is 8.55. The van der Waals surface area contributed by atoms with Gasteiger partial charge in [-0.1, -0.05) is 49.7 Å². The Balaban J connectivity index is 2.09. The zero-order valence-corrected chi connectivity index (χ0v) is 16.6. The molecule has 4 heteroatoms. The van der Waals surface area contributed by atoms with Crippen LogP contribution in [0.3, 0.4) is 0 Å². The Morgan fingerprint density at radius 1 is 0.923 bits per heavy atom. The Hall–Kier alpha value is -2.13. The molecular formula is C22H24ClNO2. The molecule has 2 aromatic rings. The lowest BCUT2D eigenvalue weighted by Gasteiger charge is -2.47. The van der Waals surface area contributed by atoms with E-state index in [1.54, 1.807) is 0 Å². The summed E-state index contributed by atoms with van der Waals surface area (Å²) in [5.74, 6) is -1.05. The highest BCUT2D eigenvalue weighted by Gasteiger charge is 2.53. The zero-order valence-electron chi connectivity index (χ0n) is 15.8. The van der Waals surface area contributed by atoms with Gasteiger partial charge in [0.05, 0.1) is 0 Å². The predicted molar refractivity (Wildman–Crippen MR) is 105 cm³/mol. The van der Waals surface area contributed by atoms with E-state index in [0.717, 1.165) is 22.3 Å².